The normalized spacial score (nSPS) is 20.1. The maximum atomic E-state index is 13.2. The van der Waals surface area contributed by atoms with Gasteiger partial charge < -0.3 is 51.6 Å². The molecule has 10 N–H and O–H groups in total. The first-order valence-electron chi connectivity index (χ1n) is 13.4. The monoisotopic (exact) mass is 578 g/mol. The van der Waals surface area contributed by atoms with Crippen molar-refractivity contribution >= 4 is 11.6 Å². The molecule has 0 fully saturated rings. The SMILES string of the molecule is CC.COC(C)C(O)C(N)CO.COc1cccc2c1C(=O)c1c(O)c3c(c(O)c1C2=O)C[C@@](O)(C(N)CO)CC3. The highest BCUT2D eigenvalue weighted by atomic mass is 16.5. The molecule has 0 heterocycles. The van der Waals surface area contributed by atoms with E-state index in [1.54, 1.807) is 19.1 Å². The van der Waals surface area contributed by atoms with Crippen molar-refractivity contribution in [1.82, 2.24) is 0 Å². The summed E-state index contributed by atoms with van der Waals surface area (Å²) in [7, 11) is 2.86. The molecule has 0 bridgehead atoms. The number of aliphatic hydroxyl groups excluding tert-OH is 3. The van der Waals surface area contributed by atoms with Gasteiger partial charge in [-0.2, -0.15) is 0 Å². The second-order valence-corrected chi connectivity index (χ2v) is 9.79. The van der Waals surface area contributed by atoms with E-state index in [-0.39, 0.29) is 76.9 Å². The van der Waals surface area contributed by atoms with Crippen molar-refractivity contribution in [2.75, 3.05) is 27.4 Å². The van der Waals surface area contributed by atoms with Gasteiger partial charge in [0.1, 0.15) is 17.2 Å². The number of aromatic hydroxyl groups is 2. The first kappa shape index (κ1) is 34.1. The summed E-state index contributed by atoms with van der Waals surface area (Å²) in [6.07, 6.45) is -1.05. The predicted molar refractivity (Wildman–Crippen MR) is 151 cm³/mol. The lowest BCUT2D eigenvalue weighted by Gasteiger charge is -2.38. The van der Waals surface area contributed by atoms with E-state index in [0.29, 0.717) is 0 Å². The van der Waals surface area contributed by atoms with E-state index < -0.39 is 47.7 Å². The van der Waals surface area contributed by atoms with Gasteiger partial charge in [-0.3, -0.25) is 9.59 Å². The van der Waals surface area contributed by atoms with Gasteiger partial charge in [0.25, 0.3) is 0 Å². The average molecular weight is 579 g/mol. The first-order valence-corrected chi connectivity index (χ1v) is 13.4. The Hall–Kier alpha value is -3.10. The van der Waals surface area contributed by atoms with E-state index in [9.17, 15) is 35.1 Å². The zero-order valence-electron chi connectivity index (χ0n) is 24.0. The third kappa shape index (κ3) is 6.38. The molecule has 0 saturated carbocycles. The summed E-state index contributed by atoms with van der Waals surface area (Å²) >= 11 is 0. The molecule has 228 valence electrons. The molecule has 4 unspecified atom stereocenters. The molecule has 0 spiro atoms. The van der Waals surface area contributed by atoms with Gasteiger partial charge in [0.05, 0.1) is 66.9 Å². The van der Waals surface area contributed by atoms with E-state index in [1.165, 1.54) is 20.3 Å². The van der Waals surface area contributed by atoms with Crippen LogP contribution in [0.2, 0.25) is 0 Å². The average Bonchev–Trinajstić information content (AvgIpc) is 3.00. The standard InChI is InChI=1S/C21H21NO7.C6H15NO3.C2H6/c1-29-12-4-2-3-10-14(12)20(27)16-15(18(10)25)19(26)11-7-21(28,13(22)8-23)6-5-9(11)17(16)24;1-4(10-2)6(9)5(7)3-8;1-2/h2-4,13,23-24,26,28H,5-8,22H2,1H3;4-6,8-9H,3,7H2,1-2H3;1-2H3/t13?,21-;;/m1../s1. The third-order valence-electron chi connectivity index (χ3n) is 7.51. The lowest BCUT2D eigenvalue weighted by molar-refractivity contribution is -0.0219. The third-order valence-corrected chi connectivity index (χ3v) is 7.51. The van der Waals surface area contributed by atoms with Crippen LogP contribution in [0.1, 0.15) is 70.2 Å². The van der Waals surface area contributed by atoms with Crippen LogP contribution >= 0.6 is 0 Å². The first-order chi connectivity index (χ1) is 19.4. The number of ketones is 2. The molecule has 4 rings (SSSR count). The molecule has 0 aromatic heterocycles. The fraction of sp³-hybridized carbons (Fsp3) is 0.517. The van der Waals surface area contributed by atoms with Crippen LogP contribution < -0.4 is 16.2 Å². The summed E-state index contributed by atoms with van der Waals surface area (Å²) in [6, 6.07) is 2.98. The molecule has 0 radical (unpaired) electrons. The fourth-order valence-electron chi connectivity index (χ4n) is 4.93. The quantitative estimate of drug-likeness (QED) is 0.175. The highest BCUT2D eigenvalue weighted by Gasteiger charge is 2.44. The smallest absolute Gasteiger partial charge is 0.202 e. The molecule has 41 heavy (non-hydrogen) atoms. The number of nitrogens with two attached hydrogens (primary N) is 2. The number of aliphatic hydroxyl groups is 4. The minimum absolute atomic E-state index is 0.0387. The molecule has 0 aliphatic heterocycles. The number of carbonyl (C=O) groups is 2. The summed E-state index contributed by atoms with van der Waals surface area (Å²) in [5.74, 6) is -1.88. The van der Waals surface area contributed by atoms with Gasteiger partial charge in [0.15, 0.2) is 5.78 Å². The number of fused-ring (bicyclic) bond motifs is 3. The summed E-state index contributed by atoms with van der Waals surface area (Å²) < 4.78 is 10.0. The molecular formula is C29H42N2O10. The van der Waals surface area contributed by atoms with Gasteiger partial charge in [-0.1, -0.05) is 26.0 Å². The molecule has 5 atom stereocenters. The number of rotatable bonds is 7. The number of ether oxygens (including phenoxy) is 2. The topological polar surface area (TPSA) is 226 Å². The number of hydrogen-bond acceptors (Lipinski definition) is 12. The largest absolute Gasteiger partial charge is 0.507 e. The Kier molecular flexibility index (Phi) is 11.8. The zero-order chi connectivity index (χ0) is 31.2. The van der Waals surface area contributed by atoms with Crippen molar-refractivity contribution < 1.29 is 49.7 Å². The van der Waals surface area contributed by atoms with Gasteiger partial charge in [-0.05, 0) is 25.8 Å². The molecule has 0 saturated heterocycles. The minimum Gasteiger partial charge on any atom is -0.507 e. The molecule has 2 aromatic rings. The van der Waals surface area contributed by atoms with Crippen molar-refractivity contribution in [1.29, 1.82) is 0 Å². The van der Waals surface area contributed by atoms with Crippen molar-refractivity contribution in [3.05, 3.63) is 51.6 Å². The summed E-state index contributed by atoms with van der Waals surface area (Å²) in [6.45, 7) is 5.00. The fourth-order valence-corrected chi connectivity index (χ4v) is 4.93. The highest BCUT2D eigenvalue weighted by molar-refractivity contribution is 6.31. The van der Waals surface area contributed by atoms with Crippen LogP contribution in [0.3, 0.4) is 0 Å². The predicted octanol–water partition coefficient (Wildman–Crippen LogP) is 0.149. The van der Waals surface area contributed by atoms with Crippen LogP contribution in [0.15, 0.2) is 18.2 Å². The number of benzene rings is 2. The van der Waals surface area contributed by atoms with Crippen LogP contribution in [0.25, 0.3) is 0 Å². The lowest BCUT2D eigenvalue weighted by atomic mass is 9.72. The van der Waals surface area contributed by atoms with E-state index in [1.807, 2.05) is 13.8 Å². The maximum absolute atomic E-state index is 13.2. The second kappa shape index (κ2) is 14.2. The second-order valence-electron chi connectivity index (χ2n) is 9.79. The van der Waals surface area contributed by atoms with Crippen molar-refractivity contribution in [3.63, 3.8) is 0 Å². The van der Waals surface area contributed by atoms with Crippen LogP contribution in [-0.4, -0.2) is 99.5 Å². The Balaban J connectivity index is 0.000000418. The van der Waals surface area contributed by atoms with E-state index in [4.69, 9.17) is 26.0 Å². The number of carbonyl (C=O) groups excluding carboxylic acids is 2. The van der Waals surface area contributed by atoms with Crippen molar-refractivity contribution in [2.45, 2.75) is 69.9 Å². The molecule has 12 nitrogen and oxygen atoms in total. The van der Waals surface area contributed by atoms with Crippen LogP contribution in [0.5, 0.6) is 17.2 Å². The van der Waals surface area contributed by atoms with Gasteiger partial charge >= 0.3 is 0 Å². The summed E-state index contributed by atoms with van der Waals surface area (Å²) in [5, 5.41) is 59.6. The Labute approximate surface area is 239 Å². The molecular weight excluding hydrogens is 536 g/mol. The lowest BCUT2D eigenvalue weighted by Crippen LogP contribution is -2.53. The Morgan fingerprint density at radius 2 is 1.54 bits per heavy atom. The molecule has 2 aliphatic carbocycles. The zero-order valence-corrected chi connectivity index (χ0v) is 24.0. The van der Waals surface area contributed by atoms with Crippen molar-refractivity contribution in [2.24, 2.45) is 11.5 Å². The molecule has 2 aromatic carbocycles. The van der Waals surface area contributed by atoms with Gasteiger partial charge in [-0.25, -0.2) is 0 Å². The maximum Gasteiger partial charge on any atom is 0.202 e. The van der Waals surface area contributed by atoms with Crippen molar-refractivity contribution in [3.8, 4) is 17.2 Å². The number of phenols is 2. The van der Waals surface area contributed by atoms with E-state index in [2.05, 4.69) is 0 Å². The van der Waals surface area contributed by atoms with Crippen LogP contribution in [0, 0.1) is 0 Å². The summed E-state index contributed by atoms with van der Waals surface area (Å²) in [5.41, 5.74) is 9.62. The molecule has 0 amide bonds. The molecule has 12 heteroatoms. The van der Waals surface area contributed by atoms with Crippen LogP contribution in [-0.2, 0) is 17.6 Å². The van der Waals surface area contributed by atoms with Gasteiger partial charge in [0, 0.05) is 30.2 Å². The van der Waals surface area contributed by atoms with E-state index >= 15 is 0 Å². The number of hydrogen-bond donors (Lipinski definition) is 8. The van der Waals surface area contributed by atoms with E-state index in [0.717, 1.165) is 0 Å². The minimum atomic E-state index is -1.51. The summed E-state index contributed by atoms with van der Waals surface area (Å²) in [4.78, 5) is 26.3. The Morgan fingerprint density at radius 1 is 0.951 bits per heavy atom. The Bertz CT molecular complexity index is 1240. The highest BCUT2D eigenvalue weighted by Crippen LogP contribution is 2.48. The number of phenolic OH excluding ortho intramolecular Hbond substituents is 2. The van der Waals surface area contributed by atoms with Gasteiger partial charge in [-0.15, -0.1) is 0 Å². The Morgan fingerprint density at radius 3 is 2.07 bits per heavy atom. The van der Waals surface area contributed by atoms with Gasteiger partial charge in [0.2, 0.25) is 5.78 Å². The number of methoxy groups -OCH3 is 2. The molecule has 2 aliphatic rings. The van der Waals surface area contributed by atoms with Crippen LogP contribution in [0.4, 0.5) is 0 Å².